The summed E-state index contributed by atoms with van der Waals surface area (Å²) in [5, 5.41) is 0. The molecule has 17 heavy (non-hydrogen) atoms. The summed E-state index contributed by atoms with van der Waals surface area (Å²) in [5.41, 5.74) is 2.44. The van der Waals surface area contributed by atoms with Gasteiger partial charge in [-0.3, -0.25) is 0 Å². The van der Waals surface area contributed by atoms with E-state index in [9.17, 15) is 8.42 Å². The molecule has 0 N–H and O–H groups in total. The molecule has 1 aromatic carbocycles. The molecule has 0 amide bonds. The van der Waals surface area contributed by atoms with E-state index >= 15 is 0 Å². The summed E-state index contributed by atoms with van der Waals surface area (Å²) in [4.78, 5) is 0.390. The van der Waals surface area contributed by atoms with E-state index in [1.165, 1.54) is 19.1 Å². The lowest BCUT2D eigenvalue weighted by atomic mass is 10.1. The van der Waals surface area contributed by atoms with Crippen LogP contribution in [0.4, 0.5) is 0 Å². The molecular weight excluding hydrogens is 232 g/mol. The van der Waals surface area contributed by atoms with Crippen LogP contribution in [0.25, 0.3) is 5.57 Å². The molecule has 2 aliphatic carbocycles. The van der Waals surface area contributed by atoms with E-state index in [1.54, 1.807) is 18.2 Å². The predicted octanol–water partition coefficient (Wildman–Crippen LogP) is 2.82. The van der Waals surface area contributed by atoms with Crippen molar-refractivity contribution in [3.8, 4) is 0 Å². The summed E-state index contributed by atoms with van der Waals surface area (Å²) in [6.45, 7) is 0. The first-order valence-electron chi connectivity index (χ1n) is 5.71. The van der Waals surface area contributed by atoms with Crippen molar-refractivity contribution in [2.24, 2.45) is 5.41 Å². The van der Waals surface area contributed by atoms with E-state index in [0.717, 1.165) is 11.1 Å². The Morgan fingerprint density at radius 2 is 2.00 bits per heavy atom. The molecule has 1 saturated carbocycles. The Labute approximate surface area is 102 Å². The SMILES string of the molecule is CS(=O)(=O)c1cccc(C2=CC3(C=C2)CC3)c1. The van der Waals surface area contributed by atoms with Gasteiger partial charge in [-0.05, 0) is 36.1 Å². The minimum atomic E-state index is -3.12. The average Bonchev–Trinajstić information content (AvgIpc) is 2.88. The summed E-state index contributed by atoms with van der Waals surface area (Å²) < 4.78 is 23.0. The third kappa shape index (κ3) is 1.95. The highest BCUT2D eigenvalue weighted by molar-refractivity contribution is 7.90. The molecule has 2 nitrogen and oxygen atoms in total. The molecule has 3 heteroatoms. The zero-order valence-corrected chi connectivity index (χ0v) is 10.5. The van der Waals surface area contributed by atoms with Crippen molar-refractivity contribution in [3.05, 3.63) is 48.1 Å². The molecular formula is C14H14O2S. The summed E-state index contributed by atoms with van der Waals surface area (Å²) in [6.07, 6.45) is 10.3. The first-order chi connectivity index (χ1) is 7.99. The van der Waals surface area contributed by atoms with Crippen LogP contribution in [0.2, 0.25) is 0 Å². The molecule has 0 unspecified atom stereocenters. The highest BCUT2D eigenvalue weighted by atomic mass is 32.2. The van der Waals surface area contributed by atoms with Gasteiger partial charge in [-0.2, -0.15) is 0 Å². The topological polar surface area (TPSA) is 34.1 Å². The van der Waals surface area contributed by atoms with E-state index < -0.39 is 9.84 Å². The molecule has 0 aromatic heterocycles. The minimum Gasteiger partial charge on any atom is -0.224 e. The van der Waals surface area contributed by atoms with E-state index in [0.29, 0.717) is 10.3 Å². The number of hydrogen-bond acceptors (Lipinski definition) is 2. The van der Waals surface area contributed by atoms with Crippen LogP contribution in [0.1, 0.15) is 18.4 Å². The maximum atomic E-state index is 11.5. The molecule has 0 bridgehead atoms. The summed E-state index contributed by atoms with van der Waals surface area (Å²) >= 11 is 0. The number of hydrogen-bond donors (Lipinski definition) is 0. The van der Waals surface area contributed by atoms with Crippen LogP contribution in [0.3, 0.4) is 0 Å². The minimum absolute atomic E-state index is 0.302. The maximum absolute atomic E-state index is 11.5. The van der Waals surface area contributed by atoms with Crippen LogP contribution in [0.15, 0.2) is 47.4 Å². The van der Waals surface area contributed by atoms with Gasteiger partial charge in [0.1, 0.15) is 0 Å². The largest absolute Gasteiger partial charge is 0.224 e. The maximum Gasteiger partial charge on any atom is 0.175 e. The molecule has 0 atom stereocenters. The third-order valence-electron chi connectivity index (χ3n) is 3.46. The number of allylic oxidation sites excluding steroid dienone is 4. The predicted molar refractivity (Wildman–Crippen MR) is 68.3 cm³/mol. The van der Waals surface area contributed by atoms with Crippen molar-refractivity contribution >= 4 is 15.4 Å². The molecule has 1 fully saturated rings. The second kappa shape index (κ2) is 3.33. The smallest absolute Gasteiger partial charge is 0.175 e. The third-order valence-corrected chi connectivity index (χ3v) is 4.57. The summed E-state index contributed by atoms with van der Waals surface area (Å²) in [5.74, 6) is 0. The van der Waals surface area contributed by atoms with Gasteiger partial charge in [0.15, 0.2) is 9.84 Å². The van der Waals surface area contributed by atoms with Crippen molar-refractivity contribution in [2.75, 3.05) is 6.26 Å². The molecule has 2 aliphatic rings. The van der Waals surface area contributed by atoms with Gasteiger partial charge < -0.3 is 0 Å². The number of benzene rings is 1. The van der Waals surface area contributed by atoms with Gasteiger partial charge in [-0.15, -0.1) is 0 Å². The number of rotatable bonds is 2. The first kappa shape index (κ1) is 10.8. The first-order valence-corrected chi connectivity index (χ1v) is 7.60. The fourth-order valence-corrected chi connectivity index (χ4v) is 2.87. The van der Waals surface area contributed by atoms with Crippen molar-refractivity contribution in [3.63, 3.8) is 0 Å². The van der Waals surface area contributed by atoms with E-state index in [4.69, 9.17) is 0 Å². The highest BCUT2D eigenvalue weighted by Gasteiger charge is 2.40. The Balaban J connectivity index is 2.03. The molecule has 88 valence electrons. The van der Waals surface area contributed by atoms with Gasteiger partial charge in [0.25, 0.3) is 0 Å². The second-order valence-electron chi connectivity index (χ2n) is 4.97. The van der Waals surface area contributed by atoms with Crippen molar-refractivity contribution in [1.82, 2.24) is 0 Å². The van der Waals surface area contributed by atoms with Gasteiger partial charge in [0.2, 0.25) is 0 Å². The van der Waals surface area contributed by atoms with Crippen molar-refractivity contribution in [1.29, 1.82) is 0 Å². The fourth-order valence-electron chi connectivity index (χ4n) is 2.20. The summed E-state index contributed by atoms with van der Waals surface area (Å²) in [6, 6.07) is 7.17. The monoisotopic (exact) mass is 246 g/mol. The van der Waals surface area contributed by atoms with Crippen LogP contribution in [-0.4, -0.2) is 14.7 Å². The molecule has 1 spiro atoms. The van der Waals surface area contributed by atoms with Crippen LogP contribution >= 0.6 is 0 Å². The van der Waals surface area contributed by atoms with Crippen molar-refractivity contribution < 1.29 is 8.42 Å². The van der Waals surface area contributed by atoms with Gasteiger partial charge in [-0.25, -0.2) is 8.42 Å². The molecule has 0 radical (unpaired) electrons. The normalized spacial score (nSPS) is 20.6. The molecule has 3 rings (SSSR count). The Kier molecular flexibility index (Phi) is 2.11. The van der Waals surface area contributed by atoms with Crippen LogP contribution in [-0.2, 0) is 9.84 Å². The zero-order chi connectivity index (χ0) is 12.1. The molecule has 0 heterocycles. The molecule has 0 aliphatic heterocycles. The highest BCUT2D eigenvalue weighted by Crippen LogP contribution is 2.53. The van der Waals surface area contributed by atoms with Gasteiger partial charge in [0, 0.05) is 11.7 Å². The quantitative estimate of drug-likeness (QED) is 0.804. The van der Waals surface area contributed by atoms with Gasteiger partial charge in [0.05, 0.1) is 4.90 Å². The van der Waals surface area contributed by atoms with Gasteiger partial charge in [-0.1, -0.05) is 30.4 Å². The van der Waals surface area contributed by atoms with E-state index in [-0.39, 0.29) is 0 Å². The Morgan fingerprint density at radius 3 is 2.59 bits per heavy atom. The standard InChI is InChI=1S/C14H14O2S/c1-17(15,16)13-4-2-3-11(9-13)12-5-6-14(10-12)7-8-14/h2-6,9-10H,7-8H2,1H3. The Hall–Kier alpha value is -1.35. The number of sulfone groups is 1. The van der Waals surface area contributed by atoms with E-state index in [2.05, 4.69) is 18.2 Å². The zero-order valence-electron chi connectivity index (χ0n) is 9.68. The van der Waals surface area contributed by atoms with Gasteiger partial charge >= 0.3 is 0 Å². The second-order valence-corrected chi connectivity index (χ2v) is 6.98. The van der Waals surface area contributed by atoms with Crippen LogP contribution in [0, 0.1) is 5.41 Å². The fraction of sp³-hybridized carbons (Fsp3) is 0.286. The summed E-state index contributed by atoms with van der Waals surface area (Å²) in [7, 11) is -3.12. The lowest BCUT2D eigenvalue weighted by Crippen LogP contribution is -1.97. The van der Waals surface area contributed by atoms with E-state index in [1.807, 2.05) is 6.07 Å². The average molecular weight is 246 g/mol. The lowest BCUT2D eigenvalue weighted by Gasteiger charge is -2.03. The van der Waals surface area contributed by atoms with Crippen molar-refractivity contribution in [2.45, 2.75) is 17.7 Å². The Morgan fingerprint density at radius 1 is 1.24 bits per heavy atom. The van der Waals surface area contributed by atoms with Crippen LogP contribution < -0.4 is 0 Å². The van der Waals surface area contributed by atoms with Crippen LogP contribution in [0.5, 0.6) is 0 Å². The lowest BCUT2D eigenvalue weighted by molar-refractivity contribution is 0.602. The molecule has 1 aromatic rings. The molecule has 0 saturated heterocycles. The Bertz CT molecular complexity index is 632.